The zero-order valence-electron chi connectivity index (χ0n) is 11.3. The molecule has 0 bridgehead atoms. The van der Waals surface area contributed by atoms with Crippen LogP contribution in [0.5, 0.6) is 0 Å². The SMILES string of the molecule is CCOC(=O)c1coc(NCc2ccccc2CN)n1. The zero-order valence-corrected chi connectivity index (χ0v) is 11.3. The molecule has 0 unspecified atom stereocenters. The molecular formula is C14H17N3O3. The van der Waals surface area contributed by atoms with Gasteiger partial charge in [-0.05, 0) is 18.1 Å². The predicted octanol–water partition coefficient (Wildman–Crippen LogP) is 1.92. The Balaban J connectivity index is 1.99. The Morgan fingerprint density at radius 2 is 2.15 bits per heavy atom. The summed E-state index contributed by atoms with van der Waals surface area (Å²) >= 11 is 0. The molecule has 2 aromatic rings. The highest BCUT2D eigenvalue weighted by Gasteiger charge is 2.13. The molecule has 20 heavy (non-hydrogen) atoms. The second-order valence-electron chi connectivity index (χ2n) is 4.08. The first-order valence-corrected chi connectivity index (χ1v) is 6.38. The van der Waals surface area contributed by atoms with Gasteiger partial charge >= 0.3 is 5.97 Å². The van der Waals surface area contributed by atoms with Crippen molar-refractivity contribution in [2.24, 2.45) is 5.73 Å². The van der Waals surface area contributed by atoms with Crippen molar-refractivity contribution in [1.82, 2.24) is 4.98 Å². The molecule has 0 amide bonds. The summed E-state index contributed by atoms with van der Waals surface area (Å²) < 4.78 is 10.0. The molecule has 3 N–H and O–H groups in total. The number of rotatable bonds is 6. The largest absolute Gasteiger partial charge is 0.461 e. The van der Waals surface area contributed by atoms with Crippen molar-refractivity contribution in [1.29, 1.82) is 0 Å². The highest BCUT2D eigenvalue weighted by atomic mass is 16.5. The average Bonchev–Trinajstić information content (AvgIpc) is 2.94. The van der Waals surface area contributed by atoms with Gasteiger partial charge < -0.3 is 20.2 Å². The van der Waals surface area contributed by atoms with Crippen LogP contribution in [0.25, 0.3) is 0 Å². The lowest BCUT2D eigenvalue weighted by Crippen LogP contribution is -2.07. The van der Waals surface area contributed by atoms with E-state index < -0.39 is 5.97 Å². The molecule has 0 saturated heterocycles. The summed E-state index contributed by atoms with van der Waals surface area (Å²) in [6.45, 7) is 3.03. The molecule has 0 saturated carbocycles. The van der Waals surface area contributed by atoms with E-state index in [1.165, 1.54) is 6.26 Å². The number of ether oxygens (including phenoxy) is 1. The number of carbonyl (C=O) groups excluding carboxylic acids is 1. The molecule has 0 spiro atoms. The van der Waals surface area contributed by atoms with Crippen LogP contribution in [-0.2, 0) is 17.8 Å². The van der Waals surface area contributed by atoms with Crippen molar-refractivity contribution < 1.29 is 13.9 Å². The van der Waals surface area contributed by atoms with Gasteiger partial charge in [-0.1, -0.05) is 24.3 Å². The standard InChI is InChI=1S/C14H17N3O3/c1-2-19-13(18)12-9-20-14(17-12)16-8-11-6-4-3-5-10(11)7-15/h3-6,9H,2,7-8,15H2,1H3,(H,16,17). The number of anilines is 1. The van der Waals surface area contributed by atoms with E-state index in [4.69, 9.17) is 14.9 Å². The quantitative estimate of drug-likeness (QED) is 0.783. The molecule has 1 aromatic heterocycles. The third-order valence-electron chi connectivity index (χ3n) is 2.76. The van der Waals surface area contributed by atoms with Crippen molar-refractivity contribution in [2.75, 3.05) is 11.9 Å². The van der Waals surface area contributed by atoms with Gasteiger partial charge in [-0.2, -0.15) is 4.98 Å². The van der Waals surface area contributed by atoms with Crippen LogP contribution in [0.3, 0.4) is 0 Å². The number of hydrogen-bond donors (Lipinski definition) is 2. The van der Waals surface area contributed by atoms with E-state index in [0.29, 0.717) is 19.7 Å². The minimum atomic E-state index is -0.494. The van der Waals surface area contributed by atoms with E-state index in [1.807, 2.05) is 24.3 Å². The van der Waals surface area contributed by atoms with E-state index in [9.17, 15) is 4.79 Å². The Labute approximate surface area is 116 Å². The maximum atomic E-state index is 11.4. The maximum Gasteiger partial charge on any atom is 0.360 e. The van der Waals surface area contributed by atoms with E-state index in [1.54, 1.807) is 6.92 Å². The molecule has 0 aliphatic heterocycles. The monoisotopic (exact) mass is 275 g/mol. The summed E-state index contributed by atoms with van der Waals surface area (Å²) in [5.74, 6) is -0.494. The topological polar surface area (TPSA) is 90.4 Å². The van der Waals surface area contributed by atoms with Crippen LogP contribution in [0.1, 0.15) is 28.5 Å². The Bertz CT molecular complexity index is 581. The average molecular weight is 275 g/mol. The molecule has 2 rings (SSSR count). The summed E-state index contributed by atoms with van der Waals surface area (Å²) in [6.07, 6.45) is 1.27. The van der Waals surface area contributed by atoms with Gasteiger partial charge in [-0.3, -0.25) is 0 Å². The van der Waals surface area contributed by atoms with Gasteiger partial charge in [0.15, 0.2) is 5.69 Å². The van der Waals surface area contributed by atoms with Crippen molar-refractivity contribution in [2.45, 2.75) is 20.0 Å². The summed E-state index contributed by atoms with van der Waals surface area (Å²) in [4.78, 5) is 15.5. The van der Waals surface area contributed by atoms with Gasteiger partial charge in [0.25, 0.3) is 6.01 Å². The molecule has 0 aliphatic carbocycles. The van der Waals surface area contributed by atoms with Crippen molar-refractivity contribution >= 4 is 12.0 Å². The Morgan fingerprint density at radius 3 is 2.85 bits per heavy atom. The first-order valence-electron chi connectivity index (χ1n) is 6.38. The van der Waals surface area contributed by atoms with Crippen molar-refractivity contribution in [3.63, 3.8) is 0 Å². The number of oxazole rings is 1. The fraction of sp³-hybridized carbons (Fsp3) is 0.286. The van der Waals surface area contributed by atoms with Gasteiger partial charge in [-0.25, -0.2) is 4.79 Å². The van der Waals surface area contributed by atoms with Crippen LogP contribution in [0.4, 0.5) is 6.01 Å². The highest BCUT2D eigenvalue weighted by molar-refractivity contribution is 5.87. The lowest BCUT2D eigenvalue weighted by Gasteiger charge is -2.07. The molecule has 106 valence electrons. The first-order chi connectivity index (χ1) is 9.74. The van der Waals surface area contributed by atoms with E-state index >= 15 is 0 Å². The number of esters is 1. The summed E-state index contributed by atoms with van der Waals surface area (Å²) in [7, 11) is 0. The van der Waals surface area contributed by atoms with Gasteiger partial charge in [0, 0.05) is 13.1 Å². The number of nitrogens with zero attached hydrogens (tertiary/aromatic N) is 1. The molecule has 6 heteroatoms. The summed E-state index contributed by atoms with van der Waals surface area (Å²) in [5, 5.41) is 3.01. The fourth-order valence-electron chi connectivity index (χ4n) is 1.75. The van der Waals surface area contributed by atoms with Crippen LogP contribution in [-0.4, -0.2) is 17.6 Å². The van der Waals surface area contributed by atoms with E-state index in [-0.39, 0.29) is 11.7 Å². The zero-order chi connectivity index (χ0) is 14.4. The number of nitrogens with one attached hydrogen (secondary N) is 1. The second kappa shape index (κ2) is 6.72. The van der Waals surface area contributed by atoms with Crippen LogP contribution in [0.15, 0.2) is 34.9 Å². The molecule has 0 aliphatic rings. The molecular weight excluding hydrogens is 258 g/mol. The van der Waals surface area contributed by atoms with Crippen LogP contribution in [0.2, 0.25) is 0 Å². The molecule has 1 aromatic carbocycles. The molecule has 1 heterocycles. The fourth-order valence-corrected chi connectivity index (χ4v) is 1.75. The number of hydrogen-bond acceptors (Lipinski definition) is 6. The van der Waals surface area contributed by atoms with E-state index in [2.05, 4.69) is 10.3 Å². The lowest BCUT2D eigenvalue weighted by molar-refractivity contribution is 0.0519. The minimum absolute atomic E-state index is 0.154. The predicted molar refractivity (Wildman–Crippen MR) is 74.1 cm³/mol. The van der Waals surface area contributed by atoms with Gasteiger partial charge in [-0.15, -0.1) is 0 Å². The Kier molecular flexibility index (Phi) is 4.73. The Morgan fingerprint density at radius 1 is 1.40 bits per heavy atom. The van der Waals surface area contributed by atoms with Gasteiger partial charge in [0.2, 0.25) is 0 Å². The molecule has 6 nitrogen and oxygen atoms in total. The van der Waals surface area contributed by atoms with Gasteiger partial charge in [0.1, 0.15) is 6.26 Å². The number of nitrogens with two attached hydrogens (primary N) is 1. The van der Waals surface area contributed by atoms with Gasteiger partial charge in [0.05, 0.1) is 6.61 Å². The minimum Gasteiger partial charge on any atom is -0.461 e. The first kappa shape index (κ1) is 14.1. The molecule has 0 radical (unpaired) electrons. The second-order valence-corrected chi connectivity index (χ2v) is 4.08. The normalized spacial score (nSPS) is 10.3. The van der Waals surface area contributed by atoms with Crippen molar-refractivity contribution in [3.8, 4) is 0 Å². The third-order valence-corrected chi connectivity index (χ3v) is 2.76. The molecule has 0 atom stereocenters. The number of carbonyl (C=O) groups is 1. The molecule has 0 fully saturated rings. The highest BCUT2D eigenvalue weighted by Crippen LogP contribution is 2.13. The third kappa shape index (κ3) is 3.36. The number of aromatic nitrogens is 1. The van der Waals surface area contributed by atoms with Crippen molar-refractivity contribution in [3.05, 3.63) is 47.3 Å². The van der Waals surface area contributed by atoms with Crippen LogP contribution >= 0.6 is 0 Å². The lowest BCUT2D eigenvalue weighted by atomic mass is 10.1. The van der Waals surface area contributed by atoms with E-state index in [0.717, 1.165) is 11.1 Å². The van der Waals surface area contributed by atoms with Crippen LogP contribution in [0, 0.1) is 0 Å². The maximum absolute atomic E-state index is 11.4. The Hall–Kier alpha value is -2.34. The van der Waals surface area contributed by atoms with Crippen LogP contribution < -0.4 is 11.1 Å². The number of benzene rings is 1. The smallest absolute Gasteiger partial charge is 0.360 e. The summed E-state index contributed by atoms with van der Waals surface area (Å²) in [5.41, 5.74) is 7.94. The summed E-state index contributed by atoms with van der Waals surface area (Å²) in [6, 6.07) is 8.10.